The molecule has 8 nitrogen and oxygen atoms in total. The summed E-state index contributed by atoms with van der Waals surface area (Å²) < 4.78 is 1.68. The zero-order valence-corrected chi connectivity index (χ0v) is 12.5. The van der Waals surface area contributed by atoms with E-state index in [1.807, 2.05) is 6.92 Å². The molecule has 3 unspecified atom stereocenters. The predicted octanol–water partition coefficient (Wildman–Crippen LogP) is 0.788. The van der Waals surface area contributed by atoms with Gasteiger partial charge in [0, 0.05) is 18.4 Å². The second-order valence-electron chi connectivity index (χ2n) is 4.75. The van der Waals surface area contributed by atoms with Crippen LogP contribution in [0.2, 0.25) is 0 Å². The van der Waals surface area contributed by atoms with Crippen molar-refractivity contribution in [1.82, 2.24) is 40.6 Å². The Morgan fingerprint density at radius 2 is 2.19 bits per heavy atom. The van der Waals surface area contributed by atoms with Gasteiger partial charge in [0.2, 0.25) is 10.8 Å². The third-order valence-corrected chi connectivity index (χ3v) is 4.94. The second kappa shape index (κ2) is 4.95. The molecule has 4 heterocycles. The van der Waals surface area contributed by atoms with Gasteiger partial charge in [-0.25, -0.2) is 10.4 Å². The van der Waals surface area contributed by atoms with Crippen molar-refractivity contribution in [3.8, 4) is 11.5 Å². The molecule has 0 amide bonds. The van der Waals surface area contributed by atoms with E-state index in [1.165, 1.54) is 11.3 Å². The van der Waals surface area contributed by atoms with E-state index in [9.17, 15) is 0 Å². The van der Waals surface area contributed by atoms with Crippen LogP contribution < -0.4 is 10.9 Å². The minimum atomic E-state index is -0.0752. The average Bonchev–Trinajstić information content (AvgIpc) is 3.15. The standard InChI is InChI=1S/C11H11ClN8S/c1-5-7(12)8(16-15-5)10-19-20-9(17-18-11(20)21-10)6-4-13-2-3-14-6/h2-5,7-8,15-16H,1H3. The summed E-state index contributed by atoms with van der Waals surface area (Å²) in [5, 5.41) is 13.6. The van der Waals surface area contributed by atoms with Crippen LogP contribution in [0.3, 0.4) is 0 Å². The van der Waals surface area contributed by atoms with Crippen molar-refractivity contribution in [3.05, 3.63) is 23.6 Å². The first-order chi connectivity index (χ1) is 10.2. The van der Waals surface area contributed by atoms with Crippen LogP contribution >= 0.6 is 22.9 Å². The molecule has 3 aromatic heterocycles. The van der Waals surface area contributed by atoms with Crippen molar-refractivity contribution in [1.29, 1.82) is 0 Å². The normalized spacial score (nSPS) is 25.7. The summed E-state index contributed by atoms with van der Waals surface area (Å²) in [6.45, 7) is 2.02. The molecule has 10 heteroatoms. The van der Waals surface area contributed by atoms with Crippen LogP contribution in [0.25, 0.3) is 16.5 Å². The van der Waals surface area contributed by atoms with Crippen molar-refractivity contribution in [2.45, 2.75) is 24.4 Å². The summed E-state index contributed by atoms with van der Waals surface area (Å²) in [5.74, 6) is 0.575. The molecule has 2 N–H and O–H groups in total. The van der Waals surface area contributed by atoms with Crippen molar-refractivity contribution < 1.29 is 0 Å². The number of alkyl halides is 1. The Kier molecular flexibility index (Phi) is 3.07. The third-order valence-electron chi connectivity index (χ3n) is 3.33. The van der Waals surface area contributed by atoms with Gasteiger partial charge in [-0.2, -0.15) is 9.61 Å². The van der Waals surface area contributed by atoms with Gasteiger partial charge in [-0.05, 0) is 6.92 Å². The minimum absolute atomic E-state index is 0.0527. The smallest absolute Gasteiger partial charge is 0.235 e. The lowest BCUT2D eigenvalue weighted by atomic mass is 10.1. The second-order valence-corrected chi connectivity index (χ2v) is 6.24. The molecular formula is C11H11ClN8S. The Morgan fingerprint density at radius 1 is 1.29 bits per heavy atom. The van der Waals surface area contributed by atoms with Gasteiger partial charge >= 0.3 is 0 Å². The molecule has 1 fully saturated rings. The Morgan fingerprint density at radius 3 is 2.90 bits per heavy atom. The highest BCUT2D eigenvalue weighted by atomic mass is 35.5. The minimum Gasteiger partial charge on any atom is -0.261 e. The van der Waals surface area contributed by atoms with E-state index in [0.717, 1.165) is 5.01 Å². The van der Waals surface area contributed by atoms with E-state index >= 15 is 0 Å². The Bertz CT molecular complexity index is 771. The van der Waals surface area contributed by atoms with Crippen LogP contribution in [0.1, 0.15) is 18.0 Å². The Labute approximate surface area is 128 Å². The van der Waals surface area contributed by atoms with Crippen LogP contribution in [-0.4, -0.2) is 41.2 Å². The number of aromatic nitrogens is 6. The van der Waals surface area contributed by atoms with Crippen LogP contribution in [0.4, 0.5) is 0 Å². The number of halogens is 1. The summed E-state index contributed by atoms with van der Waals surface area (Å²) in [6, 6.07) is 0.119. The Balaban J connectivity index is 1.76. The van der Waals surface area contributed by atoms with E-state index in [2.05, 4.69) is 36.1 Å². The first kappa shape index (κ1) is 13.0. The first-order valence-electron chi connectivity index (χ1n) is 6.37. The maximum atomic E-state index is 6.39. The highest BCUT2D eigenvalue weighted by Gasteiger charge is 2.35. The van der Waals surface area contributed by atoms with E-state index in [1.54, 1.807) is 23.1 Å². The van der Waals surface area contributed by atoms with E-state index < -0.39 is 0 Å². The number of hydrogen-bond donors (Lipinski definition) is 2. The number of nitrogens with zero attached hydrogens (tertiary/aromatic N) is 6. The molecule has 0 aromatic carbocycles. The molecule has 0 aliphatic carbocycles. The van der Waals surface area contributed by atoms with Gasteiger partial charge in [-0.1, -0.05) is 11.3 Å². The quantitative estimate of drug-likeness (QED) is 0.674. The van der Waals surface area contributed by atoms with Gasteiger partial charge in [0.15, 0.2) is 0 Å². The largest absolute Gasteiger partial charge is 0.261 e. The monoisotopic (exact) mass is 322 g/mol. The maximum absolute atomic E-state index is 6.39. The number of nitrogens with one attached hydrogen (secondary N) is 2. The fourth-order valence-corrected chi connectivity index (χ4v) is 3.46. The third kappa shape index (κ3) is 2.09. The highest BCUT2D eigenvalue weighted by Crippen LogP contribution is 2.31. The van der Waals surface area contributed by atoms with Crippen LogP contribution in [0.5, 0.6) is 0 Å². The molecule has 1 aliphatic heterocycles. The lowest BCUT2D eigenvalue weighted by Gasteiger charge is -2.09. The van der Waals surface area contributed by atoms with E-state index in [0.29, 0.717) is 16.5 Å². The lowest BCUT2D eigenvalue weighted by molar-refractivity contribution is 0.555. The first-order valence-corrected chi connectivity index (χ1v) is 7.63. The molecular weight excluding hydrogens is 312 g/mol. The molecule has 4 rings (SSSR count). The van der Waals surface area contributed by atoms with Gasteiger partial charge in [-0.3, -0.25) is 10.4 Å². The molecule has 1 aliphatic rings. The molecule has 0 radical (unpaired) electrons. The fourth-order valence-electron chi connectivity index (χ4n) is 2.20. The molecule has 0 bridgehead atoms. The molecule has 3 aromatic rings. The zero-order valence-electron chi connectivity index (χ0n) is 10.9. The van der Waals surface area contributed by atoms with Crippen LogP contribution in [0.15, 0.2) is 18.6 Å². The van der Waals surface area contributed by atoms with E-state index in [-0.39, 0.29) is 17.5 Å². The topological polar surface area (TPSA) is 92.9 Å². The maximum Gasteiger partial charge on any atom is 0.235 e. The van der Waals surface area contributed by atoms with Gasteiger partial charge in [0.1, 0.15) is 10.7 Å². The van der Waals surface area contributed by atoms with E-state index in [4.69, 9.17) is 11.6 Å². The summed E-state index contributed by atoms with van der Waals surface area (Å²) in [7, 11) is 0. The fraction of sp³-hybridized carbons (Fsp3) is 0.364. The predicted molar refractivity (Wildman–Crippen MR) is 77.8 cm³/mol. The number of fused-ring (bicyclic) bond motifs is 1. The average molecular weight is 323 g/mol. The summed E-state index contributed by atoms with van der Waals surface area (Å²) in [6.07, 6.45) is 4.86. The summed E-state index contributed by atoms with van der Waals surface area (Å²) in [4.78, 5) is 8.98. The molecule has 0 saturated carbocycles. The van der Waals surface area contributed by atoms with Crippen molar-refractivity contribution >= 4 is 27.9 Å². The van der Waals surface area contributed by atoms with Crippen LogP contribution in [0, 0.1) is 0 Å². The number of hydrogen-bond acceptors (Lipinski definition) is 8. The van der Waals surface area contributed by atoms with Crippen molar-refractivity contribution in [2.24, 2.45) is 0 Å². The number of hydrazine groups is 1. The molecule has 0 spiro atoms. The summed E-state index contributed by atoms with van der Waals surface area (Å²) >= 11 is 7.85. The van der Waals surface area contributed by atoms with Crippen molar-refractivity contribution in [2.75, 3.05) is 0 Å². The van der Waals surface area contributed by atoms with Gasteiger partial charge in [-0.15, -0.1) is 21.8 Å². The zero-order chi connectivity index (χ0) is 14.4. The molecule has 1 saturated heterocycles. The summed E-state index contributed by atoms with van der Waals surface area (Å²) in [5.41, 5.74) is 6.91. The SMILES string of the molecule is CC1NNC(c2nn3c(-c4cnccn4)nnc3s2)C1Cl. The molecule has 21 heavy (non-hydrogen) atoms. The Hall–Kier alpha value is -1.68. The van der Waals surface area contributed by atoms with Crippen LogP contribution in [-0.2, 0) is 0 Å². The van der Waals surface area contributed by atoms with Gasteiger partial charge in [0.05, 0.1) is 17.6 Å². The van der Waals surface area contributed by atoms with Gasteiger partial charge < -0.3 is 0 Å². The molecule has 3 atom stereocenters. The molecule has 108 valence electrons. The van der Waals surface area contributed by atoms with Crippen molar-refractivity contribution in [3.63, 3.8) is 0 Å². The lowest BCUT2D eigenvalue weighted by Crippen LogP contribution is -2.29. The number of rotatable bonds is 2. The highest BCUT2D eigenvalue weighted by molar-refractivity contribution is 7.16. The van der Waals surface area contributed by atoms with Gasteiger partial charge in [0.25, 0.3) is 0 Å².